The van der Waals surface area contributed by atoms with Gasteiger partial charge in [0, 0.05) is 25.5 Å². The van der Waals surface area contributed by atoms with Crippen molar-refractivity contribution < 1.29 is 9.53 Å². The van der Waals surface area contributed by atoms with Gasteiger partial charge in [-0.05, 0) is 35.7 Å². The third kappa shape index (κ3) is 5.61. The molecule has 0 saturated carbocycles. The lowest BCUT2D eigenvalue weighted by molar-refractivity contribution is 0.0600. The highest BCUT2D eigenvalue weighted by atomic mass is 32.1. The van der Waals surface area contributed by atoms with Gasteiger partial charge in [-0.25, -0.2) is 4.79 Å². The van der Waals surface area contributed by atoms with Crippen LogP contribution in [0.1, 0.15) is 41.3 Å². The Morgan fingerprint density at radius 2 is 1.92 bits per heavy atom. The van der Waals surface area contributed by atoms with E-state index in [9.17, 15) is 4.79 Å². The van der Waals surface area contributed by atoms with Crippen molar-refractivity contribution in [1.82, 2.24) is 9.88 Å². The highest BCUT2D eigenvalue weighted by Gasteiger charge is 2.17. The van der Waals surface area contributed by atoms with E-state index in [-0.39, 0.29) is 12.0 Å². The van der Waals surface area contributed by atoms with Crippen LogP contribution in [0.3, 0.4) is 0 Å². The van der Waals surface area contributed by atoms with Gasteiger partial charge in [-0.3, -0.25) is 4.98 Å². The number of esters is 1. The van der Waals surface area contributed by atoms with Crippen molar-refractivity contribution in [2.45, 2.75) is 38.9 Å². The molecule has 6 heteroatoms. The van der Waals surface area contributed by atoms with Crippen LogP contribution in [0.2, 0.25) is 0 Å². The van der Waals surface area contributed by atoms with Crippen LogP contribution in [-0.2, 0) is 17.8 Å². The fraction of sp³-hybridized carbons (Fsp3) is 0.350. The molecule has 1 atom stereocenters. The van der Waals surface area contributed by atoms with Crippen LogP contribution in [0.15, 0.2) is 48.8 Å². The molecular formula is C20H25N3O2S. The Kier molecular flexibility index (Phi) is 7.69. The highest BCUT2D eigenvalue weighted by Crippen LogP contribution is 2.14. The first-order chi connectivity index (χ1) is 12.5. The lowest BCUT2D eigenvalue weighted by Gasteiger charge is -2.29. The molecule has 0 aliphatic rings. The molecule has 1 heterocycles. The smallest absolute Gasteiger partial charge is 0.337 e. The number of pyridine rings is 1. The second kappa shape index (κ2) is 9.99. The van der Waals surface area contributed by atoms with E-state index in [2.05, 4.69) is 16.8 Å². The van der Waals surface area contributed by atoms with E-state index >= 15 is 0 Å². The van der Waals surface area contributed by atoms with Crippen LogP contribution < -0.4 is 5.73 Å². The van der Waals surface area contributed by atoms with Gasteiger partial charge < -0.3 is 15.4 Å². The minimum absolute atomic E-state index is 0.152. The van der Waals surface area contributed by atoms with Gasteiger partial charge in [0.2, 0.25) is 0 Å². The molecule has 0 fully saturated rings. The number of carbonyl (C=O) groups excluding carboxylic acids is 1. The molecule has 0 amide bonds. The van der Waals surface area contributed by atoms with Crippen LogP contribution in [-0.4, -0.2) is 34.0 Å². The number of benzene rings is 1. The zero-order chi connectivity index (χ0) is 18.9. The second-order valence-electron chi connectivity index (χ2n) is 6.14. The fourth-order valence-electron chi connectivity index (χ4n) is 2.68. The number of nitrogens with zero attached hydrogens (tertiary/aromatic N) is 2. The molecule has 2 N–H and O–H groups in total. The topological polar surface area (TPSA) is 68.5 Å². The van der Waals surface area contributed by atoms with E-state index in [1.165, 1.54) is 7.11 Å². The molecule has 26 heavy (non-hydrogen) atoms. The summed E-state index contributed by atoms with van der Waals surface area (Å²) in [7, 11) is 1.37. The summed E-state index contributed by atoms with van der Waals surface area (Å²) in [5.74, 6) is -0.343. The Morgan fingerprint density at radius 1 is 1.23 bits per heavy atom. The summed E-state index contributed by atoms with van der Waals surface area (Å²) in [4.78, 5) is 18.6. The third-order valence-electron chi connectivity index (χ3n) is 4.07. The van der Waals surface area contributed by atoms with Crippen LogP contribution >= 0.6 is 12.2 Å². The number of hydrogen-bond acceptors (Lipinski definition) is 5. The predicted molar refractivity (Wildman–Crippen MR) is 107 cm³/mol. The van der Waals surface area contributed by atoms with Crippen LogP contribution in [0.4, 0.5) is 0 Å². The van der Waals surface area contributed by atoms with Crippen molar-refractivity contribution >= 4 is 23.2 Å². The largest absolute Gasteiger partial charge is 0.465 e. The van der Waals surface area contributed by atoms with Crippen molar-refractivity contribution in [3.63, 3.8) is 0 Å². The third-order valence-corrected chi connectivity index (χ3v) is 4.63. The van der Waals surface area contributed by atoms with E-state index < -0.39 is 0 Å². The number of carbonyl (C=O) groups is 1. The van der Waals surface area contributed by atoms with E-state index in [0.29, 0.717) is 18.7 Å². The summed E-state index contributed by atoms with van der Waals surface area (Å²) in [6.45, 7) is 3.36. The number of nitrogens with two attached hydrogens (primary N) is 1. The summed E-state index contributed by atoms with van der Waals surface area (Å²) in [5, 5.41) is 0. The summed E-state index contributed by atoms with van der Waals surface area (Å²) < 4.78 is 4.74. The standard InChI is InChI=1S/C20H25N3O2S/c1-3-5-18(21)19(26)23(14-16-6-4-11-22-12-16)13-15-7-9-17(10-8-15)20(24)25-2/h4,6-12,18H,3,5,13-14,21H2,1-2H3/t18-/m0/s1. The summed E-state index contributed by atoms with van der Waals surface area (Å²) in [5.41, 5.74) is 8.91. The Labute approximate surface area is 160 Å². The maximum absolute atomic E-state index is 11.6. The highest BCUT2D eigenvalue weighted by molar-refractivity contribution is 7.80. The Balaban J connectivity index is 2.17. The molecule has 5 nitrogen and oxygen atoms in total. The first kappa shape index (κ1) is 20.0. The van der Waals surface area contributed by atoms with Gasteiger partial charge in [0.1, 0.15) is 0 Å². The molecule has 0 spiro atoms. The quantitative estimate of drug-likeness (QED) is 0.567. The molecule has 2 aromatic rings. The van der Waals surface area contributed by atoms with E-state index in [0.717, 1.165) is 29.0 Å². The summed E-state index contributed by atoms with van der Waals surface area (Å²) in [6.07, 6.45) is 5.42. The normalized spacial score (nSPS) is 11.7. The molecule has 0 unspecified atom stereocenters. The van der Waals surface area contributed by atoms with Gasteiger partial charge in [-0.2, -0.15) is 0 Å². The lowest BCUT2D eigenvalue weighted by Crippen LogP contribution is -2.41. The first-order valence-electron chi connectivity index (χ1n) is 8.65. The summed E-state index contributed by atoms with van der Waals surface area (Å²) in [6, 6.07) is 11.1. The number of methoxy groups -OCH3 is 1. The SMILES string of the molecule is CCC[C@H](N)C(=S)N(Cc1ccc(C(=O)OC)cc1)Cc1cccnc1. The molecule has 0 aliphatic heterocycles. The number of ether oxygens (including phenoxy) is 1. The van der Waals surface area contributed by atoms with Crippen molar-refractivity contribution in [3.05, 3.63) is 65.5 Å². The van der Waals surface area contributed by atoms with E-state index in [1.54, 1.807) is 18.3 Å². The molecule has 0 saturated heterocycles. The number of thiocarbonyl (C=S) groups is 1. The maximum atomic E-state index is 11.6. The van der Waals surface area contributed by atoms with Crippen LogP contribution in [0.5, 0.6) is 0 Å². The molecule has 1 aromatic carbocycles. The van der Waals surface area contributed by atoms with Gasteiger partial charge in [-0.15, -0.1) is 0 Å². The lowest BCUT2D eigenvalue weighted by atomic mass is 10.1. The van der Waals surface area contributed by atoms with Crippen LogP contribution in [0.25, 0.3) is 0 Å². The van der Waals surface area contributed by atoms with Crippen LogP contribution in [0, 0.1) is 0 Å². The van der Waals surface area contributed by atoms with Crippen molar-refractivity contribution in [3.8, 4) is 0 Å². The molecule has 0 aliphatic carbocycles. The molecule has 138 valence electrons. The van der Waals surface area contributed by atoms with Crippen molar-refractivity contribution in [2.75, 3.05) is 7.11 Å². The second-order valence-corrected chi connectivity index (χ2v) is 6.56. The van der Waals surface area contributed by atoms with Crippen molar-refractivity contribution in [1.29, 1.82) is 0 Å². The Bertz CT molecular complexity index is 720. The van der Waals surface area contributed by atoms with Gasteiger partial charge in [0.05, 0.1) is 23.7 Å². The van der Waals surface area contributed by atoms with E-state index in [4.69, 9.17) is 22.7 Å². The zero-order valence-electron chi connectivity index (χ0n) is 15.2. The van der Waals surface area contributed by atoms with Gasteiger partial charge in [0.25, 0.3) is 0 Å². The number of aromatic nitrogens is 1. The van der Waals surface area contributed by atoms with E-state index in [1.807, 2.05) is 30.5 Å². The average molecular weight is 372 g/mol. The van der Waals surface area contributed by atoms with Crippen molar-refractivity contribution in [2.24, 2.45) is 5.73 Å². The molecule has 2 rings (SSSR count). The zero-order valence-corrected chi connectivity index (χ0v) is 16.0. The van der Waals surface area contributed by atoms with Gasteiger partial charge in [-0.1, -0.05) is 43.8 Å². The Morgan fingerprint density at radius 3 is 2.50 bits per heavy atom. The monoisotopic (exact) mass is 371 g/mol. The Hall–Kier alpha value is -2.31. The molecular weight excluding hydrogens is 346 g/mol. The number of rotatable bonds is 8. The first-order valence-corrected chi connectivity index (χ1v) is 9.06. The fourth-order valence-corrected chi connectivity index (χ4v) is 2.92. The van der Waals surface area contributed by atoms with Gasteiger partial charge >= 0.3 is 5.97 Å². The maximum Gasteiger partial charge on any atom is 0.337 e. The average Bonchev–Trinajstić information content (AvgIpc) is 2.68. The molecule has 0 radical (unpaired) electrons. The molecule has 1 aromatic heterocycles. The predicted octanol–water partition coefficient (Wildman–Crippen LogP) is 3.33. The van der Waals surface area contributed by atoms with Gasteiger partial charge in [0.15, 0.2) is 0 Å². The minimum atomic E-state index is -0.343. The number of hydrogen-bond donors (Lipinski definition) is 1. The summed E-state index contributed by atoms with van der Waals surface area (Å²) >= 11 is 5.65. The molecule has 0 bridgehead atoms. The minimum Gasteiger partial charge on any atom is -0.465 e.